The van der Waals surface area contributed by atoms with Crippen molar-refractivity contribution in [3.63, 3.8) is 0 Å². The predicted molar refractivity (Wildman–Crippen MR) is 75.2 cm³/mol. The van der Waals surface area contributed by atoms with Crippen molar-refractivity contribution in [2.24, 2.45) is 0 Å². The third-order valence-electron chi connectivity index (χ3n) is 2.33. The predicted octanol–water partition coefficient (Wildman–Crippen LogP) is 2.16. The Hall–Kier alpha value is -2.01. The Kier molecular flexibility index (Phi) is 3.13. The molecule has 0 atom stereocenters. The van der Waals surface area contributed by atoms with Crippen LogP contribution >= 0.6 is 22.6 Å². The summed E-state index contributed by atoms with van der Waals surface area (Å²) in [5.74, 6) is 0.466. The molecule has 0 saturated heterocycles. The fourth-order valence-corrected chi connectivity index (χ4v) is 1.83. The summed E-state index contributed by atoms with van der Waals surface area (Å²) in [6, 6.07) is 7.66. The average Bonchev–Trinajstić information content (AvgIpc) is 2.87. The first kappa shape index (κ1) is 12.0. The van der Waals surface area contributed by atoms with Gasteiger partial charge in [-0.3, -0.25) is 5.21 Å². The summed E-state index contributed by atoms with van der Waals surface area (Å²) in [5, 5.41) is 19.2. The number of nitrogens with one attached hydrogen (secondary N) is 2. The smallest absolute Gasteiger partial charge is 0.245 e. The average molecular weight is 370 g/mol. The highest BCUT2D eigenvalue weighted by Crippen LogP contribution is 2.23. The van der Waals surface area contributed by atoms with Gasteiger partial charge < -0.3 is 5.32 Å². The van der Waals surface area contributed by atoms with E-state index in [4.69, 9.17) is 5.21 Å². The Morgan fingerprint density at radius 2 is 1.63 bits per heavy atom. The number of hydrogen-bond donors (Lipinski definition) is 3. The molecule has 3 rings (SSSR count). The van der Waals surface area contributed by atoms with E-state index in [-0.39, 0.29) is 17.1 Å². The molecule has 0 fully saturated rings. The molecule has 0 radical (unpaired) electrons. The molecule has 0 aliphatic heterocycles. The summed E-state index contributed by atoms with van der Waals surface area (Å²) < 4.78 is 5.64. The van der Waals surface area contributed by atoms with Gasteiger partial charge in [0.15, 0.2) is 11.6 Å². The maximum absolute atomic E-state index is 9.07. The summed E-state index contributed by atoms with van der Waals surface area (Å²) in [5.41, 5.74) is 3.24. The molecule has 2 heterocycles. The minimum Gasteiger partial charge on any atom is -0.337 e. The third kappa shape index (κ3) is 2.42. The maximum Gasteiger partial charge on any atom is 0.245 e. The van der Waals surface area contributed by atoms with Gasteiger partial charge in [-0.25, -0.2) is 15.1 Å². The van der Waals surface area contributed by atoms with Crippen LogP contribution in [0.1, 0.15) is 0 Å². The van der Waals surface area contributed by atoms with Crippen molar-refractivity contribution < 1.29 is 9.84 Å². The first-order valence-corrected chi connectivity index (χ1v) is 6.27. The van der Waals surface area contributed by atoms with E-state index in [0.29, 0.717) is 5.82 Å². The molecule has 0 unspecified atom stereocenters. The largest absolute Gasteiger partial charge is 0.337 e. The highest BCUT2D eigenvalue weighted by atomic mass is 127. The second kappa shape index (κ2) is 4.93. The van der Waals surface area contributed by atoms with Crippen LogP contribution in [0.5, 0.6) is 0 Å². The molecule has 3 aromatic rings. The van der Waals surface area contributed by atoms with Gasteiger partial charge in [0.1, 0.15) is 0 Å². The fourth-order valence-electron chi connectivity index (χ4n) is 1.47. The number of hydrogen-bond acceptors (Lipinski definition) is 8. The molecule has 0 spiro atoms. The summed E-state index contributed by atoms with van der Waals surface area (Å²) in [6.45, 7) is 0. The zero-order valence-corrected chi connectivity index (χ0v) is 11.5. The van der Waals surface area contributed by atoms with Gasteiger partial charge in [0.25, 0.3) is 0 Å². The molecule has 2 aromatic heterocycles. The van der Waals surface area contributed by atoms with Crippen LogP contribution in [-0.2, 0) is 0 Å². The quantitative estimate of drug-likeness (QED) is 0.476. The molecule has 9 heteroatoms. The highest BCUT2D eigenvalue weighted by Gasteiger charge is 2.12. The standard InChI is InChI=1S/C10H7IN6O2/c11-5-1-3-6(4-2-5)12-7-8(15-18)14-10-9(13-7)16-19-17-10/h1-4,18H,(H,12,13,16)(H,14,15,17). The number of nitrogens with zero attached hydrogens (tertiary/aromatic N) is 4. The summed E-state index contributed by atoms with van der Waals surface area (Å²) in [7, 11) is 0. The van der Waals surface area contributed by atoms with E-state index in [0.717, 1.165) is 9.26 Å². The van der Waals surface area contributed by atoms with E-state index in [9.17, 15) is 0 Å². The van der Waals surface area contributed by atoms with Gasteiger partial charge in [0.05, 0.1) is 0 Å². The molecule has 96 valence electrons. The number of rotatable bonds is 3. The minimum atomic E-state index is 0.141. The van der Waals surface area contributed by atoms with Crippen LogP contribution in [-0.4, -0.2) is 25.5 Å². The Labute approximate surface area is 120 Å². The van der Waals surface area contributed by atoms with E-state index in [1.807, 2.05) is 29.7 Å². The van der Waals surface area contributed by atoms with Crippen molar-refractivity contribution in [2.75, 3.05) is 10.8 Å². The van der Waals surface area contributed by atoms with Gasteiger partial charge in [-0.15, -0.1) is 0 Å². The molecule has 8 nitrogen and oxygen atoms in total. The third-order valence-corrected chi connectivity index (χ3v) is 3.05. The number of benzene rings is 1. The van der Waals surface area contributed by atoms with Crippen LogP contribution in [0.2, 0.25) is 0 Å². The molecule has 3 N–H and O–H groups in total. The van der Waals surface area contributed by atoms with E-state index < -0.39 is 0 Å². The number of aromatic nitrogens is 4. The summed E-state index contributed by atoms with van der Waals surface area (Å²) in [4.78, 5) is 8.17. The van der Waals surface area contributed by atoms with E-state index in [2.05, 4.69) is 52.8 Å². The molecular formula is C10H7IN6O2. The maximum atomic E-state index is 9.07. The second-order valence-electron chi connectivity index (χ2n) is 3.58. The molecule has 0 amide bonds. The molecule has 0 saturated carbocycles. The molecule has 0 bridgehead atoms. The highest BCUT2D eigenvalue weighted by molar-refractivity contribution is 14.1. The monoisotopic (exact) mass is 370 g/mol. The Bertz CT molecular complexity index is 714. The zero-order chi connectivity index (χ0) is 13.2. The van der Waals surface area contributed by atoms with Gasteiger partial charge >= 0.3 is 0 Å². The van der Waals surface area contributed by atoms with Crippen molar-refractivity contribution in [1.29, 1.82) is 0 Å². The van der Waals surface area contributed by atoms with Crippen LogP contribution in [0.25, 0.3) is 11.3 Å². The van der Waals surface area contributed by atoms with Crippen LogP contribution in [0, 0.1) is 3.57 Å². The number of anilines is 3. The van der Waals surface area contributed by atoms with E-state index >= 15 is 0 Å². The molecule has 0 aliphatic carbocycles. The summed E-state index contributed by atoms with van der Waals surface area (Å²) in [6.07, 6.45) is 0. The Morgan fingerprint density at radius 3 is 2.26 bits per heavy atom. The van der Waals surface area contributed by atoms with Gasteiger partial charge in [-0.1, -0.05) is 0 Å². The van der Waals surface area contributed by atoms with Crippen LogP contribution in [0.3, 0.4) is 0 Å². The van der Waals surface area contributed by atoms with Crippen molar-refractivity contribution in [3.8, 4) is 0 Å². The lowest BCUT2D eigenvalue weighted by molar-refractivity contribution is 0.314. The van der Waals surface area contributed by atoms with Crippen molar-refractivity contribution in [3.05, 3.63) is 27.8 Å². The van der Waals surface area contributed by atoms with Crippen LogP contribution in [0.15, 0.2) is 28.9 Å². The zero-order valence-electron chi connectivity index (χ0n) is 9.33. The van der Waals surface area contributed by atoms with Crippen LogP contribution in [0.4, 0.5) is 17.3 Å². The van der Waals surface area contributed by atoms with Gasteiger partial charge in [-0.2, -0.15) is 4.98 Å². The van der Waals surface area contributed by atoms with Crippen LogP contribution < -0.4 is 10.8 Å². The normalized spacial score (nSPS) is 10.6. The SMILES string of the molecule is ONc1nc2nonc2nc1Nc1ccc(I)cc1. The van der Waals surface area contributed by atoms with Gasteiger partial charge in [-0.05, 0) is 57.2 Å². The van der Waals surface area contributed by atoms with Crippen molar-refractivity contribution in [2.45, 2.75) is 0 Å². The molecular weight excluding hydrogens is 363 g/mol. The van der Waals surface area contributed by atoms with E-state index in [1.165, 1.54) is 0 Å². The minimum absolute atomic E-state index is 0.141. The lowest BCUT2D eigenvalue weighted by Gasteiger charge is -2.08. The first-order valence-electron chi connectivity index (χ1n) is 5.19. The topological polar surface area (TPSA) is 109 Å². The number of fused-ring (bicyclic) bond motifs is 1. The van der Waals surface area contributed by atoms with Crippen molar-refractivity contribution >= 4 is 51.2 Å². The lowest BCUT2D eigenvalue weighted by atomic mass is 10.3. The van der Waals surface area contributed by atoms with Crippen molar-refractivity contribution in [1.82, 2.24) is 20.3 Å². The fraction of sp³-hybridized carbons (Fsp3) is 0. The van der Waals surface area contributed by atoms with Gasteiger partial charge in [0, 0.05) is 9.26 Å². The molecule has 1 aromatic carbocycles. The van der Waals surface area contributed by atoms with E-state index in [1.54, 1.807) is 0 Å². The molecule has 0 aliphatic rings. The first-order chi connectivity index (χ1) is 9.26. The second-order valence-corrected chi connectivity index (χ2v) is 4.82. The Morgan fingerprint density at radius 1 is 1.00 bits per heavy atom. The Balaban J connectivity index is 2.00. The van der Waals surface area contributed by atoms with Gasteiger partial charge in [0.2, 0.25) is 11.3 Å². The lowest BCUT2D eigenvalue weighted by Crippen LogP contribution is -2.03. The summed E-state index contributed by atoms with van der Waals surface area (Å²) >= 11 is 2.21. The number of halogens is 1. The molecule has 19 heavy (non-hydrogen) atoms.